The first kappa shape index (κ1) is 14.5. The Morgan fingerprint density at radius 1 is 1.04 bits per heavy atom. The summed E-state index contributed by atoms with van der Waals surface area (Å²) in [6, 6.07) is 13.0. The van der Waals surface area contributed by atoms with Crippen LogP contribution < -0.4 is 5.56 Å². The van der Waals surface area contributed by atoms with Crippen LogP contribution in [0.3, 0.4) is 0 Å². The van der Waals surface area contributed by atoms with Crippen LogP contribution in [0.2, 0.25) is 0 Å². The van der Waals surface area contributed by atoms with E-state index in [0.29, 0.717) is 31.2 Å². The van der Waals surface area contributed by atoms with Gasteiger partial charge in [0.25, 0.3) is 11.5 Å². The number of pyridine rings is 2. The van der Waals surface area contributed by atoms with Gasteiger partial charge in [-0.15, -0.1) is 0 Å². The summed E-state index contributed by atoms with van der Waals surface area (Å²) in [6.45, 7) is 2.03. The van der Waals surface area contributed by atoms with E-state index in [1.165, 1.54) is 0 Å². The van der Waals surface area contributed by atoms with E-state index < -0.39 is 0 Å². The van der Waals surface area contributed by atoms with Crippen LogP contribution >= 0.6 is 0 Å². The lowest BCUT2D eigenvalue weighted by molar-refractivity contribution is 0.0586. The van der Waals surface area contributed by atoms with E-state index in [2.05, 4.69) is 5.10 Å². The van der Waals surface area contributed by atoms with Crippen LogP contribution in [0, 0.1) is 5.92 Å². The number of aromatic nitrogens is 3. The number of carbonyl (C=O) groups excluding carboxylic acids is 1. The third kappa shape index (κ3) is 2.21. The quantitative estimate of drug-likeness (QED) is 0.681. The Kier molecular flexibility index (Phi) is 3.07. The Labute approximate surface area is 144 Å². The SMILES string of the molecule is O=C(c1cccc2ccnn12)N1C[C@@H]2C[C@H](C1)c1cccc(=O)n1C2. The predicted molar refractivity (Wildman–Crippen MR) is 92.6 cm³/mol. The van der Waals surface area contributed by atoms with E-state index in [4.69, 9.17) is 0 Å². The standard InChI is InChI=1S/C19H18N4O2/c24-18-6-2-4-16-14-9-13(11-22(16)18)10-21(12-14)19(25)17-5-1-3-15-7-8-20-23(15)17/h1-8,13-14H,9-12H2/t13-,14+/m0/s1. The summed E-state index contributed by atoms with van der Waals surface area (Å²) in [6.07, 6.45) is 2.75. The lowest BCUT2D eigenvalue weighted by Gasteiger charge is -2.42. The van der Waals surface area contributed by atoms with E-state index in [9.17, 15) is 9.59 Å². The highest BCUT2D eigenvalue weighted by Crippen LogP contribution is 2.35. The van der Waals surface area contributed by atoms with E-state index >= 15 is 0 Å². The average molecular weight is 334 g/mol. The van der Waals surface area contributed by atoms with Crippen LogP contribution in [0.25, 0.3) is 5.52 Å². The Bertz CT molecular complexity index is 1040. The summed E-state index contributed by atoms with van der Waals surface area (Å²) < 4.78 is 3.58. The van der Waals surface area contributed by atoms with Crippen molar-refractivity contribution in [2.45, 2.75) is 18.9 Å². The lowest BCUT2D eigenvalue weighted by atomic mass is 9.83. The Hall–Kier alpha value is -2.89. The van der Waals surface area contributed by atoms with Gasteiger partial charge in [0.2, 0.25) is 0 Å². The zero-order valence-electron chi connectivity index (χ0n) is 13.7. The molecule has 2 atom stereocenters. The smallest absolute Gasteiger partial charge is 0.272 e. The van der Waals surface area contributed by atoms with Crippen LogP contribution in [-0.2, 0) is 6.54 Å². The first-order valence-corrected chi connectivity index (χ1v) is 8.62. The lowest BCUT2D eigenvalue weighted by Crippen LogP contribution is -2.49. The number of carbonyl (C=O) groups is 1. The molecule has 3 aromatic rings. The van der Waals surface area contributed by atoms with Gasteiger partial charge >= 0.3 is 0 Å². The van der Waals surface area contributed by atoms with Crippen molar-refractivity contribution in [2.75, 3.05) is 13.1 Å². The zero-order valence-corrected chi connectivity index (χ0v) is 13.7. The van der Waals surface area contributed by atoms with Crippen LogP contribution in [0.4, 0.5) is 0 Å². The Morgan fingerprint density at radius 2 is 1.92 bits per heavy atom. The minimum Gasteiger partial charge on any atom is -0.336 e. The second kappa shape index (κ2) is 5.31. The number of hydrogen-bond donors (Lipinski definition) is 0. The molecular weight excluding hydrogens is 316 g/mol. The van der Waals surface area contributed by atoms with Crippen LogP contribution in [0.1, 0.15) is 28.5 Å². The molecule has 3 aromatic heterocycles. The van der Waals surface area contributed by atoms with Gasteiger partial charge in [0.1, 0.15) is 5.69 Å². The molecule has 0 aliphatic carbocycles. The first-order chi connectivity index (χ1) is 12.2. The van der Waals surface area contributed by atoms with Gasteiger partial charge in [0.15, 0.2) is 0 Å². The summed E-state index contributed by atoms with van der Waals surface area (Å²) in [5.41, 5.74) is 2.62. The highest BCUT2D eigenvalue weighted by Gasteiger charge is 2.36. The van der Waals surface area contributed by atoms with Crippen molar-refractivity contribution in [1.29, 1.82) is 0 Å². The molecule has 1 amide bonds. The fourth-order valence-electron chi connectivity index (χ4n) is 4.34. The van der Waals surface area contributed by atoms with Gasteiger partial charge in [-0.25, -0.2) is 4.52 Å². The van der Waals surface area contributed by atoms with Crippen LogP contribution in [0.15, 0.2) is 53.5 Å². The van der Waals surface area contributed by atoms with E-state index in [1.54, 1.807) is 16.8 Å². The third-order valence-electron chi connectivity index (χ3n) is 5.41. The zero-order chi connectivity index (χ0) is 17.0. The van der Waals surface area contributed by atoms with Crippen molar-refractivity contribution in [2.24, 2.45) is 5.92 Å². The molecule has 5 heterocycles. The molecule has 0 spiro atoms. The molecule has 2 aliphatic rings. The first-order valence-electron chi connectivity index (χ1n) is 8.62. The van der Waals surface area contributed by atoms with Crippen molar-refractivity contribution < 1.29 is 4.79 Å². The topological polar surface area (TPSA) is 59.6 Å². The van der Waals surface area contributed by atoms with Crippen molar-refractivity contribution in [3.8, 4) is 0 Å². The molecule has 6 nitrogen and oxygen atoms in total. The molecule has 1 fully saturated rings. The number of likely N-dealkylation sites (tertiary alicyclic amines) is 1. The molecule has 25 heavy (non-hydrogen) atoms. The van der Waals surface area contributed by atoms with Crippen molar-refractivity contribution in [3.63, 3.8) is 0 Å². The number of piperidine rings is 1. The summed E-state index contributed by atoms with van der Waals surface area (Å²) in [5, 5.41) is 4.28. The van der Waals surface area contributed by atoms with Crippen LogP contribution in [-0.4, -0.2) is 38.1 Å². The van der Waals surface area contributed by atoms with Gasteiger partial charge < -0.3 is 9.47 Å². The minimum absolute atomic E-state index is 0.00993. The highest BCUT2D eigenvalue weighted by molar-refractivity contribution is 5.93. The Morgan fingerprint density at radius 3 is 2.84 bits per heavy atom. The molecular formula is C19H18N4O2. The molecule has 5 rings (SSSR count). The van der Waals surface area contributed by atoms with E-state index in [1.807, 2.05) is 45.9 Å². The molecule has 2 bridgehead atoms. The molecule has 126 valence electrons. The Balaban J connectivity index is 1.50. The van der Waals surface area contributed by atoms with Gasteiger partial charge in [0, 0.05) is 37.3 Å². The molecule has 0 aromatic carbocycles. The number of hydrogen-bond acceptors (Lipinski definition) is 3. The predicted octanol–water partition coefficient (Wildman–Crippen LogP) is 1.76. The maximum Gasteiger partial charge on any atom is 0.272 e. The highest BCUT2D eigenvalue weighted by atomic mass is 16.2. The van der Waals surface area contributed by atoms with Gasteiger partial charge in [-0.1, -0.05) is 12.1 Å². The number of amides is 1. The van der Waals surface area contributed by atoms with Gasteiger partial charge in [0.05, 0.1) is 11.7 Å². The molecule has 2 aliphatic heterocycles. The summed E-state index contributed by atoms with van der Waals surface area (Å²) in [7, 11) is 0. The maximum atomic E-state index is 13.1. The monoisotopic (exact) mass is 334 g/mol. The summed E-state index contributed by atoms with van der Waals surface area (Å²) in [4.78, 5) is 27.2. The number of fused-ring (bicyclic) bond motifs is 5. The second-order valence-electron chi connectivity index (χ2n) is 6.99. The number of rotatable bonds is 1. The summed E-state index contributed by atoms with van der Waals surface area (Å²) >= 11 is 0. The second-order valence-corrected chi connectivity index (χ2v) is 6.99. The molecule has 0 N–H and O–H groups in total. The van der Waals surface area contributed by atoms with E-state index in [-0.39, 0.29) is 17.4 Å². The molecule has 0 saturated carbocycles. The van der Waals surface area contributed by atoms with Crippen molar-refractivity contribution >= 4 is 11.4 Å². The fraction of sp³-hybridized carbons (Fsp3) is 0.316. The molecule has 1 saturated heterocycles. The van der Waals surface area contributed by atoms with Crippen molar-refractivity contribution in [1.82, 2.24) is 19.1 Å². The molecule has 0 unspecified atom stereocenters. The van der Waals surface area contributed by atoms with Gasteiger partial charge in [-0.3, -0.25) is 9.59 Å². The maximum absolute atomic E-state index is 13.1. The molecule has 0 radical (unpaired) electrons. The van der Waals surface area contributed by atoms with Gasteiger partial charge in [-0.2, -0.15) is 5.10 Å². The minimum atomic E-state index is 0.00993. The largest absolute Gasteiger partial charge is 0.336 e. The molecule has 6 heteroatoms. The van der Waals surface area contributed by atoms with Crippen molar-refractivity contribution in [3.05, 3.63) is 70.4 Å². The van der Waals surface area contributed by atoms with Gasteiger partial charge in [-0.05, 0) is 36.6 Å². The summed E-state index contributed by atoms with van der Waals surface area (Å²) in [5.74, 6) is 0.560. The van der Waals surface area contributed by atoms with Crippen LogP contribution in [0.5, 0.6) is 0 Å². The number of nitrogens with zero attached hydrogens (tertiary/aromatic N) is 4. The van der Waals surface area contributed by atoms with E-state index in [0.717, 1.165) is 17.6 Å². The average Bonchev–Trinajstić information content (AvgIpc) is 3.11. The fourth-order valence-corrected chi connectivity index (χ4v) is 4.34. The third-order valence-corrected chi connectivity index (χ3v) is 5.41. The normalized spacial score (nSPS) is 22.0.